The summed E-state index contributed by atoms with van der Waals surface area (Å²) in [5, 5.41) is 11.7. The van der Waals surface area contributed by atoms with Crippen molar-refractivity contribution in [3.8, 4) is 22.9 Å². The number of nitrogens with one attached hydrogen (secondary N) is 1. The molecule has 164 valence electrons. The van der Waals surface area contributed by atoms with Crippen LogP contribution in [0.15, 0.2) is 53.7 Å². The molecule has 10 heteroatoms. The molecule has 0 saturated carbocycles. The lowest BCUT2D eigenvalue weighted by Gasteiger charge is -2.14. The zero-order chi connectivity index (χ0) is 22.4. The Bertz CT molecular complexity index is 1030. The number of methoxy groups -OCH3 is 1. The zero-order valence-corrected chi connectivity index (χ0v) is 18.0. The molecule has 1 heterocycles. The van der Waals surface area contributed by atoms with Crippen molar-refractivity contribution in [3.63, 3.8) is 0 Å². The van der Waals surface area contributed by atoms with Crippen molar-refractivity contribution in [2.45, 2.75) is 31.7 Å². The van der Waals surface area contributed by atoms with Gasteiger partial charge in [-0.05, 0) is 50.2 Å². The van der Waals surface area contributed by atoms with E-state index in [2.05, 4.69) is 20.3 Å². The van der Waals surface area contributed by atoms with Crippen molar-refractivity contribution in [1.29, 1.82) is 0 Å². The van der Waals surface area contributed by atoms with Crippen LogP contribution in [0.4, 0.5) is 14.5 Å². The van der Waals surface area contributed by atoms with Gasteiger partial charge in [0, 0.05) is 11.6 Å². The zero-order valence-electron chi connectivity index (χ0n) is 17.2. The fraction of sp³-hybridized carbons (Fsp3) is 0.286. The summed E-state index contributed by atoms with van der Waals surface area (Å²) in [5.74, 6) is 0.969. The van der Waals surface area contributed by atoms with Gasteiger partial charge < -0.3 is 14.8 Å². The Morgan fingerprint density at radius 2 is 1.84 bits per heavy atom. The monoisotopic (exact) mass is 448 g/mol. The van der Waals surface area contributed by atoms with E-state index in [0.29, 0.717) is 11.0 Å². The number of amides is 1. The molecule has 0 fully saturated rings. The Morgan fingerprint density at radius 1 is 1.13 bits per heavy atom. The SMILES string of the molecule is COc1ccc(-c2nnc(SCC(=O)Nc3ccccc3OC(F)F)n2C(C)C)cc1. The van der Waals surface area contributed by atoms with Crippen molar-refractivity contribution in [2.24, 2.45) is 0 Å². The lowest BCUT2D eigenvalue weighted by atomic mass is 10.2. The topological polar surface area (TPSA) is 78.3 Å². The van der Waals surface area contributed by atoms with Crippen molar-refractivity contribution in [1.82, 2.24) is 14.8 Å². The van der Waals surface area contributed by atoms with Gasteiger partial charge in [-0.15, -0.1) is 10.2 Å². The third kappa shape index (κ3) is 5.72. The number of carbonyl (C=O) groups is 1. The lowest BCUT2D eigenvalue weighted by Crippen LogP contribution is -2.16. The largest absolute Gasteiger partial charge is 0.497 e. The van der Waals surface area contributed by atoms with E-state index in [1.54, 1.807) is 19.2 Å². The molecule has 0 aliphatic heterocycles. The number of nitrogens with zero attached hydrogens (tertiary/aromatic N) is 3. The number of halogens is 2. The van der Waals surface area contributed by atoms with Crippen LogP contribution < -0.4 is 14.8 Å². The Morgan fingerprint density at radius 3 is 2.48 bits per heavy atom. The van der Waals surface area contributed by atoms with Gasteiger partial charge in [-0.1, -0.05) is 23.9 Å². The van der Waals surface area contributed by atoms with Gasteiger partial charge in [0.05, 0.1) is 18.6 Å². The van der Waals surface area contributed by atoms with Gasteiger partial charge in [0.1, 0.15) is 11.5 Å². The van der Waals surface area contributed by atoms with Gasteiger partial charge >= 0.3 is 6.61 Å². The number of anilines is 1. The summed E-state index contributed by atoms with van der Waals surface area (Å²) in [6.45, 7) is 1.02. The van der Waals surface area contributed by atoms with Gasteiger partial charge in [-0.3, -0.25) is 9.36 Å². The first-order valence-electron chi connectivity index (χ1n) is 9.45. The molecule has 0 aliphatic carbocycles. The molecule has 31 heavy (non-hydrogen) atoms. The van der Waals surface area contributed by atoms with E-state index >= 15 is 0 Å². The molecule has 0 unspecified atom stereocenters. The summed E-state index contributed by atoms with van der Waals surface area (Å²) in [6, 6.07) is 13.6. The molecular weight excluding hydrogens is 426 g/mol. The highest BCUT2D eigenvalue weighted by Crippen LogP contribution is 2.30. The highest BCUT2D eigenvalue weighted by Gasteiger charge is 2.18. The predicted octanol–water partition coefficient (Wildman–Crippen LogP) is 4.87. The molecule has 0 spiro atoms. The van der Waals surface area contributed by atoms with E-state index in [9.17, 15) is 13.6 Å². The molecule has 0 saturated heterocycles. The van der Waals surface area contributed by atoms with Crippen LogP contribution in [0.2, 0.25) is 0 Å². The van der Waals surface area contributed by atoms with Crippen molar-refractivity contribution in [2.75, 3.05) is 18.2 Å². The minimum absolute atomic E-state index is 0.0243. The van der Waals surface area contributed by atoms with Gasteiger partial charge in [0.15, 0.2) is 11.0 Å². The van der Waals surface area contributed by atoms with Crippen LogP contribution in [0.5, 0.6) is 11.5 Å². The summed E-state index contributed by atoms with van der Waals surface area (Å²) >= 11 is 1.21. The molecular formula is C21H22F2N4O3S. The van der Waals surface area contributed by atoms with Crippen LogP contribution in [0.1, 0.15) is 19.9 Å². The number of thioether (sulfide) groups is 1. The number of hydrogen-bond donors (Lipinski definition) is 1. The van der Waals surface area contributed by atoms with Gasteiger partial charge in [-0.2, -0.15) is 8.78 Å². The first-order valence-corrected chi connectivity index (χ1v) is 10.4. The van der Waals surface area contributed by atoms with Crippen LogP contribution in [0.25, 0.3) is 11.4 Å². The minimum atomic E-state index is -2.98. The van der Waals surface area contributed by atoms with Crippen LogP contribution in [0, 0.1) is 0 Å². The Balaban J connectivity index is 1.72. The van der Waals surface area contributed by atoms with Gasteiger partial charge in [0.2, 0.25) is 5.91 Å². The van der Waals surface area contributed by atoms with Crippen LogP contribution >= 0.6 is 11.8 Å². The maximum absolute atomic E-state index is 12.5. The Hall–Kier alpha value is -3.14. The lowest BCUT2D eigenvalue weighted by molar-refractivity contribution is -0.113. The van der Waals surface area contributed by atoms with Crippen molar-refractivity contribution >= 4 is 23.4 Å². The summed E-state index contributed by atoms with van der Waals surface area (Å²) < 4.78 is 36.7. The van der Waals surface area contributed by atoms with E-state index in [-0.39, 0.29) is 29.1 Å². The van der Waals surface area contributed by atoms with Crippen LogP contribution in [-0.2, 0) is 4.79 Å². The molecule has 7 nitrogen and oxygen atoms in total. The maximum atomic E-state index is 12.5. The predicted molar refractivity (Wildman–Crippen MR) is 115 cm³/mol. The first kappa shape index (κ1) is 22.5. The second-order valence-corrected chi connectivity index (χ2v) is 7.65. The normalized spacial score (nSPS) is 11.1. The number of hydrogen-bond acceptors (Lipinski definition) is 6. The molecule has 0 radical (unpaired) electrons. The fourth-order valence-corrected chi connectivity index (χ4v) is 3.73. The smallest absolute Gasteiger partial charge is 0.387 e. The quantitative estimate of drug-likeness (QED) is 0.471. The first-order chi connectivity index (χ1) is 14.9. The number of aromatic nitrogens is 3. The molecule has 3 aromatic rings. The number of carbonyl (C=O) groups excluding carboxylic acids is 1. The van der Waals surface area contributed by atoms with E-state index in [4.69, 9.17) is 4.74 Å². The Kier molecular flexibility index (Phi) is 7.45. The van der Waals surface area contributed by atoms with Crippen LogP contribution in [0.3, 0.4) is 0 Å². The highest BCUT2D eigenvalue weighted by molar-refractivity contribution is 7.99. The number of ether oxygens (including phenoxy) is 2. The maximum Gasteiger partial charge on any atom is 0.387 e. The third-order valence-electron chi connectivity index (χ3n) is 4.24. The van der Waals surface area contributed by atoms with E-state index in [1.807, 2.05) is 42.7 Å². The van der Waals surface area contributed by atoms with E-state index in [1.165, 1.54) is 23.9 Å². The number of alkyl halides is 2. The molecule has 0 bridgehead atoms. The fourth-order valence-electron chi connectivity index (χ4n) is 2.86. The molecule has 0 atom stereocenters. The number of para-hydroxylation sites is 2. The number of benzene rings is 2. The van der Waals surface area contributed by atoms with Crippen molar-refractivity contribution in [3.05, 3.63) is 48.5 Å². The summed E-state index contributed by atoms with van der Waals surface area (Å²) in [5.41, 5.74) is 1.05. The molecule has 0 aliphatic rings. The Labute approximate surface area is 182 Å². The molecule has 2 aromatic carbocycles. The van der Waals surface area contributed by atoms with Crippen molar-refractivity contribution < 1.29 is 23.0 Å². The van der Waals surface area contributed by atoms with Gasteiger partial charge in [0.25, 0.3) is 0 Å². The molecule has 1 amide bonds. The van der Waals surface area contributed by atoms with Crippen LogP contribution in [-0.4, -0.2) is 40.1 Å². The van der Waals surface area contributed by atoms with E-state index < -0.39 is 6.61 Å². The second kappa shape index (κ2) is 10.3. The highest BCUT2D eigenvalue weighted by atomic mass is 32.2. The standard InChI is InChI=1S/C21H22F2N4O3S/c1-13(2)27-19(14-8-10-15(29-3)11-9-14)25-26-21(27)31-12-18(28)24-16-6-4-5-7-17(16)30-20(22)23/h4-11,13,20H,12H2,1-3H3,(H,24,28). The average Bonchev–Trinajstić information content (AvgIpc) is 3.18. The minimum Gasteiger partial charge on any atom is -0.497 e. The summed E-state index contributed by atoms with van der Waals surface area (Å²) in [7, 11) is 1.60. The van der Waals surface area contributed by atoms with Gasteiger partial charge in [-0.25, -0.2) is 0 Å². The molecule has 1 aromatic heterocycles. The van der Waals surface area contributed by atoms with E-state index in [0.717, 1.165) is 11.3 Å². The third-order valence-corrected chi connectivity index (χ3v) is 5.18. The summed E-state index contributed by atoms with van der Waals surface area (Å²) in [4.78, 5) is 12.4. The average molecular weight is 448 g/mol. The second-order valence-electron chi connectivity index (χ2n) is 6.71. The molecule has 3 rings (SSSR count). The number of rotatable bonds is 9. The summed E-state index contributed by atoms with van der Waals surface area (Å²) in [6.07, 6.45) is 0. The molecule has 1 N–H and O–H groups in total.